The highest BCUT2D eigenvalue weighted by atomic mass is 35.5. The topological polar surface area (TPSA) is 178 Å². The van der Waals surface area contributed by atoms with Crippen molar-refractivity contribution in [2.45, 2.75) is 62.1 Å². The zero-order valence-electron chi connectivity index (χ0n) is 24.2. The zero-order chi connectivity index (χ0) is 30.8. The molecule has 15 nitrogen and oxygen atoms in total. The molecule has 1 unspecified atom stereocenters. The molecule has 1 saturated heterocycles. The van der Waals surface area contributed by atoms with E-state index in [-0.39, 0.29) is 11.3 Å². The summed E-state index contributed by atoms with van der Waals surface area (Å²) in [5.74, 6) is -2.15. The summed E-state index contributed by atoms with van der Waals surface area (Å²) in [6.45, 7) is -1.33. The number of carbonyl (C=O) groups excluding carboxylic acids is 2. The normalized spacial score (nSPS) is 23.8. The van der Waals surface area contributed by atoms with E-state index in [9.17, 15) is 24.4 Å². The zero-order valence-corrected chi connectivity index (χ0v) is 25.8. The van der Waals surface area contributed by atoms with E-state index in [0.29, 0.717) is 16.9 Å². The number of aliphatic hydroxyl groups excluding tert-OH is 2. The van der Waals surface area contributed by atoms with E-state index in [1.54, 1.807) is 12.3 Å². The Balaban J connectivity index is 1.63. The van der Waals surface area contributed by atoms with Crippen molar-refractivity contribution in [3.8, 4) is 0 Å². The third-order valence-corrected chi connectivity index (χ3v) is 9.63. The molecule has 3 N–H and O–H groups in total. The lowest BCUT2D eigenvalue weighted by Crippen LogP contribution is -2.41. The molecule has 0 radical (unpaired) electrons. The fourth-order valence-corrected chi connectivity index (χ4v) is 6.89. The van der Waals surface area contributed by atoms with E-state index in [1.165, 1.54) is 49.7 Å². The predicted octanol–water partition coefficient (Wildman–Crippen LogP) is 1.43. The van der Waals surface area contributed by atoms with Crippen molar-refractivity contribution in [1.82, 2.24) is 24.3 Å². The molecular formula is C25H38ClN6O9P. The van der Waals surface area contributed by atoms with Crippen LogP contribution in [0.5, 0.6) is 0 Å². The summed E-state index contributed by atoms with van der Waals surface area (Å²) in [6, 6.07) is 1.99. The average Bonchev–Trinajstić information content (AvgIpc) is 3.67. The minimum Gasteiger partial charge on any atom is -0.387 e. The number of ether oxygens (including phenoxy) is 2. The number of nitrogens with zero attached hydrogens (tertiary/aromatic N) is 5. The summed E-state index contributed by atoms with van der Waals surface area (Å²) in [5, 5.41) is 26.2. The Morgan fingerprint density at radius 2 is 1.71 bits per heavy atom. The number of rotatable bonds is 12. The number of halogens is 1. The summed E-state index contributed by atoms with van der Waals surface area (Å²) >= 11 is 6.26. The van der Waals surface area contributed by atoms with Crippen molar-refractivity contribution in [3.05, 3.63) is 17.5 Å². The van der Waals surface area contributed by atoms with Gasteiger partial charge in [-0.05, 0) is 30.5 Å². The van der Waals surface area contributed by atoms with Crippen LogP contribution in [0.15, 0.2) is 12.3 Å². The number of aliphatic hydroxyl groups is 2. The highest BCUT2D eigenvalue weighted by molar-refractivity contribution is 7.54. The number of methoxy groups -OCH3 is 1. The Labute approximate surface area is 248 Å². The summed E-state index contributed by atoms with van der Waals surface area (Å²) in [4.78, 5) is 35.6. The third kappa shape index (κ3) is 6.89. The lowest BCUT2D eigenvalue weighted by Gasteiger charge is -2.31. The van der Waals surface area contributed by atoms with Gasteiger partial charge >= 0.3 is 7.60 Å². The molecule has 2 aromatic rings. The number of carbonyl (C=O) groups is 2. The lowest BCUT2D eigenvalue weighted by atomic mass is 10.1. The van der Waals surface area contributed by atoms with Crippen LogP contribution >= 0.6 is 19.2 Å². The Morgan fingerprint density at radius 3 is 2.26 bits per heavy atom. The highest BCUT2D eigenvalue weighted by Crippen LogP contribution is 2.57. The molecule has 2 aromatic heterocycles. The maximum atomic E-state index is 14.1. The Kier molecular flexibility index (Phi) is 10.5. The number of nitrogens with one attached hydrogen (secondary N) is 1. The van der Waals surface area contributed by atoms with Crippen LogP contribution in [0.25, 0.3) is 11.0 Å². The van der Waals surface area contributed by atoms with Crippen LogP contribution in [-0.2, 0) is 32.7 Å². The summed E-state index contributed by atoms with van der Waals surface area (Å²) in [7, 11) is 2.62. The molecule has 0 aromatic carbocycles. The van der Waals surface area contributed by atoms with Crippen LogP contribution in [0, 0.1) is 0 Å². The first kappa shape index (κ1) is 32.6. The van der Waals surface area contributed by atoms with Crippen molar-refractivity contribution in [3.63, 3.8) is 0 Å². The van der Waals surface area contributed by atoms with Gasteiger partial charge in [0.1, 0.15) is 43.0 Å². The molecule has 3 heterocycles. The summed E-state index contributed by atoms with van der Waals surface area (Å²) < 4.78 is 37.9. The van der Waals surface area contributed by atoms with Gasteiger partial charge in [-0.25, -0.2) is 4.98 Å². The minimum atomic E-state index is -4.49. The van der Waals surface area contributed by atoms with Gasteiger partial charge in [-0.15, -0.1) is 0 Å². The standard InChI is InChI=1S/C25H38ClN6O9P/c1-30(2)16(33)12-39-42(37,40-13-17(34)31(3)4)24(38-5)20-18(35)19(36)23(41-20)32-11-10-15-21(27-14-8-6-7-9-14)28-25(26)29-22(15)32/h10-11,14,18-20,23-24,35-36H,6-9,12-13H2,1-5H3,(H,27,28,29)/t18-,19+,20+,23+,24?/m0/s1. The fraction of sp³-hybridized carbons (Fsp3) is 0.680. The van der Waals surface area contributed by atoms with Crippen LogP contribution in [0.4, 0.5) is 5.82 Å². The van der Waals surface area contributed by atoms with Crippen molar-refractivity contribution < 1.29 is 42.9 Å². The molecule has 5 atom stereocenters. The lowest BCUT2D eigenvalue weighted by molar-refractivity contribution is -0.132. The first-order chi connectivity index (χ1) is 19.9. The molecule has 4 rings (SSSR count). The van der Waals surface area contributed by atoms with Gasteiger partial charge in [-0.2, -0.15) is 4.98 Å². The Morgan fingerprint density at radius 1 is 1.12 bits per heavy atom. The maximum absolute atomic E-state index is 14.1. The molecule has 0 spiro atoms. The number of aromatic nitrogens is 3. The molecular weight excluding hydrogens is 595 g/mol. The number of likely N-dealkylation sites (N-methyl/N-ethyl adjacent to an activating group) is 2. The monoisotopic (exact) mass is 632 g/mol. The van der Waals surface area contributed by atoms with E-state index >= 15 is 0 Å². The van der Waals surface area contributed by atoms with Crippen molar-refractivity contribution in [2.75, 3.05) is 53.8 Å². The van der Waals surface area contributed by atoms with E-state index in [0.717, 1.165) is 25.7 Å². The first-order valence-electron chi connectivity index (χ1n) is 13.5. The second kappa shape index (κ2) is 13.5. The number of anilines is 1. The smallest absolute Gasteiger partial charge is 0.362 e. The quantitative estimate of drug-likeness (QED) is 0.227. The predicted molar refractivity (Wildman–Crippen MR) is 152 cm³/mol. The third-order valence-electron chi connectivity index (χ3n) is 7.36. The molecule has 2 aliphatic rings. The molecule has 234 valence electrons. The van der Waals surface area contributed by atoms with E-state index in [1.807, 2.05) is 0 Å². The molecule has 1 saturated carbocycles. The van der Waals surface area contributed by atoms with Crippen LogP contribution in [-0.4, -0.2) is 125 Å². The summed E-state index contributed by atoms with van der Waals surface area (Å²) in [6.07, 6.45) is -0.00150. The number of hydrogen-bond acceptors (Lipinski definition) is 12. The van der Waals surface area contributed by atoms with Gasteiger partial charge in [0.2, 0.25) is 17.1 Å². The van der Waals surface area contributed by atoms with E-state index in [2.05, 4.69) is 15.3 Å². The van der Waals surface area contributed by atoms with Gasteiger partial charge in [0, 0.05) is 47.5 Å². The molecule has 1 aliphatic heterocycles. The van der Waals surface area contributed by atoms with Crippen molar-refractivity contribution >= 4 is 47.9 Å². The van der Waals surface area contributed by atoms with Crippen molar-refractivity contribution in [2.24, 2.45) is 0 Å². The van der Waals surface area contributed by atoms with Crippen LogP contribution in [0.1, 0.15) is 31.9 Å². The SMILES string of the molecule is COC([C@@H]1O[C@@H](n2ccc3c(NC4CCCC4)nc(Cl)nc32)[C@H](O)[C@@H]1O)P(=O)(OCC(=O)N(C)C)OCC(=O)N(C)C. The van der Waals surface area contributed by atoms with Gasteiger partial charge in [-0.1, -0.05) is 12.8 Å². The Bertz CT molecular complexity index is 1290. The minimum absolute atomic E-state index is 0.0234. The second-order valence-corrected chi connectivity index (χ2v) is 13.1. The number of amides is 2. The number of hydrogen-bond donors (Lipinski definition) is 3. The van der Waals surface area contributed by atoms with Crippen LogP contribution in [0.3, 0.4) is 0 Å². The highest BCUT2D eigenvalue weighted by Gasteiger charge is 2.55. The van der Waals surface area contributed by atoms with Gasteiger partial charge in [0.25, 0.3) is 0 Å². The summed E-state index contributed by atoms with van der Waals surface area (Å²) in [5.41, 5.74) is 0.338. The van der Waals surface area contributed by atoms with Crippen molar-refractivity contribution in [1.29, 1.82) is 0 Å². The Hall–Kier alpha value is -2.36. The van der Waals surface area contributed by atoms with Gasteiger partial charge in [0.15, 0.2) is 12.1 Å². The van der Waals surface area contributed by atoms with E-state index < -0.39 is 63.0 Å². The first-order valence-corrected chi connectivity index (χ1v) is 15.5. The van der Waals surface area contributed by atoms with E-state index in [4.69, 9.17) is 30.1 Å². The molecule has 2 fully saturated rings. The van der Waals surface area contributed by atoms with Gasteiger partial charge in [-0.3, -0.25) is 23.2 Å². The largest absolute Gasteiger partial charge is 0.387 e. The van der Waals surface area contributed by atoms with Crippen LogP contribution in [0.2, 0.25) is 5.28 Å². The second-order valence-electron chi connectivity index (χ2n) is 10.7. The fourth-order valence-electron chi connectivity index (χ4n) is 4.91. The molecule has 2 amide bonds. The molecule has 17 heteroatoms. The molecule has 42 heavy (non-hydrogen) atoms. The van der Waals surface area contributed by atoms with Gasteiger partial charge in [0.05, 0.1) is 5.39 Å². The average molecular weight is 633 g/mol. The number of fused-ring (bicyclic) bond motifs is 1. The molecule has 0 bridgehead atoms. The maximum Gasteiger partial charge on any atom is 0.362 e. The van der Waals surface area contributed by atoms with Crippen LogP contribution < -0.4 is 5.32 Å². The molecule has 1 aliphatic carbocycles. The van der Waals surface area contributed by atoms with Gasteiger partial charge < -0.3 is 39.4 Å².